The quantitative estimate of drug-likeness (QED) is 0.719. The molecule has 2 N–H and O–H groups in total. The van der Waals surface area contributed by atoms with Gasteiger partial charge in [-0.25, -0.2) is 0 Å². The van der Waals surface area contributed by atoms with E-state index < -0.39 is 0 Å². The molecular weight excluding hydrogens is 268 g/mol. The van der Waals surface area contributed by atoms with Gasteiger partial charge in [0, 0.05) is 17.4 Å². The van der Waals surface area contributed by atoms with E-state index in [1.807, 2.05) is 0 Å². The Balaban J connectivity index is 2.02. The molecule has 0 unspecified atom stereocenters. The topological polar surface area (TPSA) is 77.3 Å². The van der Waals surface area contributed by atoms with E-state index in [0.29, 0.717) is 0 Å². The maximum Gasteiger partial charge on any atom is 0.242 e. The Kier molecular flexibility index (Phi) is 5.25. The molecule has 1 saturated heterocycles. The molecule has 0 aromatic rings. The molecule has 0 spiro atoms. The van der Waals surface area contributed by atoms with Crippen molar-refractivity contribution in [1.29, 1.82) is 0 Å². The first-order valence-electron chi connectivity index (χ1n) is 7.44. The van der Waals surface area contributed by atoms with Crippen LogP contribution in [0.3, 0.4) is 0 Å². The second-order valence-electron chi connectivity index (χ2n) is 5.77. The largest absolute Gasteiger partial charge is 0.394 e. The summed E-state index contributed by atoms with van der Waals surface area (Å²) in [6.45, 7) is 7.27. The highest BCUT2D eigenvalue weighted by atomic mass is 16.3. The van der Waals surface area contributed by atoms with Crippen molar-refractivity contribution in [3.8, 4) is 0 Å². The Morgan fingerprint density at radius 2 is 2.19 bits per heavy atom. The van der Waals surface area contributed by atoms with Gasteiger partial charge in [-0.1, -0.05) is 12.8 Å². The zero-order chi connectivity index (χ0) is 15.3. The molecule has 1 atom stereocenters. The highest BCUT2D eigenvalue weighted by Gasteiger charge is 2.36. The van der Waals surface area contributed by atoms with Gasteiger partial charge in [0.15, 0.2) is 0 Å². The van der Waals surface area contributed by atoms with Crippen LogP contribution < -0.4 is 5.32 Å². The zero-order valence-electron chi connectivity index (χ0n) is 12.4. The van der Waals surface area contributed by atoms with Crippen molar-refractivity contribution in [2.45, 2.75) is 50.2 Å². The first-order valence-corrected chi connectivity index (χ1v) is 7.44. The van der Waals surface area contributed by atoms with E-state index in [0.717, 1.165) is 44.2 Å². The molecule has 0 bridgehead atoms. The number of nitrogens with one attached hydrogen (secondary N) is 1. The summed E-state index contributed by atoms with van der Waals surface area (Å²) < 4.78 is 0. The molecule has 21 heavy (non-hydrogen) atoms. The van der Waals surface area contributed by atoms with Crippen molar-refractivity contribution in [3.05, 3.63) is 11.9 Å². The van der Waals surface area contributed by atoms with Crippen molar-refractivity contribution in [1.82, 2.24) is 10.2 Å². The molecule has 0 aromatic carbocycles. The van der Waals surface area contributed by atoms with Crippen molar-refractivity contribution in [3.63, 3.8) is 0 Å². The highest BCUT2D eigenvalue weighted by molar-refractivity contribution is 5.81. The molecule has 2 aliphatic rings. The van der Waals surface area contributed by atoms with Gasteiger partial charge in [-0.05, 0) is 39.1 Å². The number of aliphatic hydroxyl groups is 1. The van der Waals surface area contributed by atoms with E-state index in [4.69, 9.17) is 0 Å². The molecule has 2 fully saturated rings. The van der Waals surface area contributed by atoms with Crippen molar-refractivity contribution < 1.29 is 9.90 Å². The number of amides is 1. The van der Waals surface area contributed by atoms with E-state index in [1.54, 1.807) is 11.1 Å². The third-order valence-electron chi connectivity index (χ3n) is 4.46. The van der Waals surface area contributed by atoms with Gasteiger partial charge in [0.2, 0.25) is 5.91 Å². The molecular formula is C15H24N4O2. The summed E-state index contributed by atoms with van der Waals surface area (Å²) in [6.07, 6.45) is 6.91. The number of hydrogen-bond acceptors (Lipinski definition) is 5. The van der Waals surface area contributed by atoms with E-state index >= 15 is 0 Å². The molecule has 1 saturated carbocycles. The lowest BCUT2D eigenvalue weighted by atomic mass is 9.99. The zero-order valence-corrected chi connectivity index (χ0v) is 12.4. The lowest BCUT2D eigenvalue weighted by Crippen LogP contribution is -2.51. The second kappa shape index (κ2) is 6.95. The number of aliphatic imine (C=N–C) groups is 2. The first kappa shape index (κ1) is 15.9. The highest BCUT2D eigenvalue weighted by Crippen LogP contribution is 2.30. The van der Waals surface area contributed by atoms with Gasteiger partial charge in [0.25, 0.3) is 0 Å². The lowest BCUT2D eigenvalue weighted by molar-refractivity contribution is -0.129. The fraction of sp³-hybridized carbons (Fsp3) is 0.667. The summed E-state index contributed by atoms with van der Waals surface area (Å²) in [5.41, 5.74) is 0.534. The van der Waals surface area contributed by atoms with E-state index in [1.165, 1.54) is 0 Å². The van der Waals surface area contributed by atoms with Crippen molar-refractivity contribution in [2.24, 2.45) is 9.98 Å². The fourth-order valence-electron chi connectivity index (χ4n) is 3.24. The predicted molar refractivity (Wildman–Crippen MR) is 83.3 cm³/mol. The predicted octanol–water partition coefficient (Wildman–Crippen LogP) is 1.07. The van der Waals surface area contributed by atoms with Crippen LogP contribution in [0.5, 0.6) is 0 Å². The Morgan fingerprint density at radius 3 is 2.76 bits per heavy atom. The van der Waals surface area contributed by atoms with Gasteiger partial charge in [-0.2, -0.15) is 0 Å². The average molecular weight is 292 g/mol. The number of nitrogens with zero attached hydrogens (tertiary/aromatic N) is 3. The molecule has 1 aliphatic heterocycles. The minimum absolute atomic E-state index is 0.0560. The van der Waals surface area contributed by atoms with Gasteiger partial charge in [0.05, 0.1) is 13.2 Å². The fourth-order valence-corrected chi connectivity index (χ4v) is 3.24. The first-order chi connectivity index (χ1) is 10.2. The van der Waals surface area contributed by atoms with Crippen LogP contribution in [0.2, 0.25) is 0 Å². The summed E-state index contributed by atoms with van der Waals surface area (Å²) >= 11 is 0. The molecule has 0 radical (unpaired) electrons. The third-order valence-corrected chi connectivity index (χ3v) is 4.46. The molecule has 0 aromatic heterocycles. The van der Waals surface area contributed by atoms with Crippen LogP contribution in [0.25, 0.3) is 0 Å². The average Bonchev–Trinajstić information content (AvgIpc) is 3.12. The summed E-state index contributed by atoms with van der Waals surface area (Å²) in [5, 5.41) is 12.8. The monoisotopic (exact) mass is 292 g/mol. The number of carbonyl (C=O) groups excluding carboxylic acids is 1. The summed E-state index contributed by atoms with van der Waals surface area (Å²) in [5.74, 6) is -0.0560. The van der Waals surface area contributed by atoms with E-state index in [9.17, 15) is 9.90 Å². The smallest absolute Gasteiger partial charge is 0.242 e. The Morgan fingerprint density at radius 1 is 1.48 bits per heavy atom. The molecule has 6 heteroatoms. The number of likely N-dealkylation sites (tertiary alicyclic amines) is 1. The maximum absolute atomic E-state index is 12.5. The number of aliphatic hydroxyl groups excluding tert-OH is 1. The molecule has 1 amide bonds. The molecule has 1 aliphatic carbocycles. The minimum Gasteiger partial charge on any atom is -0.394 e. The van der Waals surface area contributed by atoms with Crippen molar-refractivity contribution in [2.75, 3.05) is 13.2 Å². The Labute approximate surface area is 125 Å². The normalized spacial score (nSPS) is 26.2. The van der Waals surface area contributed by atoms with Crippen LogP contribution in [0.1, 0.15) is 38.5 Å². The van der Waals surface area contributed by atoms with E-state index in [-0.39, 0.29) is 30.8 Å². The van der Waals surface area contributed by atoms with E-state index in [2.05, 4.69) is 28.7 Å². The summed E-state index contributed by atoms with van der Waals surface area (Å²) in [4.78, 5) is 21.9. The third kappa shape index (κ3) is 3.39. The number of carbonyl (C=O) groups is 1. The van der Waals surface area contributed by atoms with Gasteiger partial charge in [-0.3, -0.25) is 19.7 Å². The summed E-state index contributed by atoms with van der Waals surface area (Å²) in [6, 6.07) is 0. The van der Waals surface area contributed by atoms with Gasteiger partial charge in [0.1, 0.15) is 6.17 Å². The van der Waals surface area contributed by atoms with Crippen molar-refractivity contribution >= 4 is 19.3 Å². The molecule has 1 heterocycles. The van der Waals surface area contributed by atoms with Crippen LogP contribution in [0, 0.1) is 0 Å². The maximum atomic E-state index is 12.5. The second-order valence-corrected chi connectivity index (χ2v) is 5.77. The SMILES string of the molecule is C=N/C=C1/CC[C@@H](N=C)N1C(=O)CNC1(CO)CCCC1. The van der Waals surface area contributed by atoms with Gasteiger partial charge in [-0.15, -0.1) is 0 Å². The summed E-state index contributed by atoms with van der Waals surface area (Å²) in [7, 11) is 0. The molecule has 6 nitrogen and oxygen atoms in total. The Hall–Kier alpha value is -1.53. The standard InChI is InChI=1S/C15H24N4O2/c1-16-9-12-5-6-13(17-2)19(12)14(21)10-18-15(11-20)7-3-4-8-15/h9,13,18,20H,1-8,10-11H2/b12-9-/t13-/m0/s1. The number of rotatable bonds is 6. The number of allylic oxidation sites excluding steroid dienone is 1. The van der Waals surface area contributed by atoms with Crippen LogP contribution in [-0.4, -0.2) is 54.2 Å². The van der Waals surface area contributed by atoms with Gasteiger partial charge >= 0.3 is 0 Å². The van der Waals surface area contributed by atoms with Crippen LogP contribution in [-0.2, 0) is 4.79 Å². The van der Waals surface area contributed by atoms with Crippen LogP contribution in [0.4, 0.5) is 0 Å². The van der Waals surface area contributed by atoms with Gasteiger partial charge < -0.3 is 10.4 Å². The lowest BCUT2D eigenvalue weighted by Gasteiger charge is -2.30. The molecule has 116 valence electrons. The molecule has 2 rings (SSSR count). The Bertz CT molecular complexity index is 441. The minimum atomic E-state index is -0.299. The number of hydrogen-bond donors (Lipinski definition) is 2. The van der Waals surface area contributed by atoms with Crippen LogP contribution >= 0.6 is 0 Å². The van der Waals surface area contributed by atoms with Crippen LogP contribution in [0.15, 0.2) is 21.9 Å².